The maximum absolute atomic E-state index is 9.22. The van der Waals surface area contributed by atoms with Gasteiger partial charge in [-0.25, -0.2) is 0 Å². The van der Waals surface area contributed by atoms with Crippen molar-refractivity contribution in [3.05, 3.63) is 152 Å². The second-order valence-electron chi connectivity index (χ2n) is 9.75. The van der Waals surface area contributed by atoms with Gasteiger partial charge in [-0.1, -0.05) is 121 Å². The first kappa shape index (κ1) is 16.0. The Bertz CT molecular complexity index is 2350. The lowest BCUT2D eigenvalue weighted by atomic mass is 9.85. The van der Waals surface area contributed by atoms with E-state index in [-0.39, 0.29) is 70.6 Å². The predicted octanol–water partition coefficient (Wildman–Crippen LogP) is 10.6. The van der Waals surface area contributed by atoms with E-state index < -0.39 is 0 Å². The van der Waals surface area contributed by atoms with Crippen molar-refractivity contribution in [1.82, 2.24) is 4.98 Å². The van der Waals surface area contributed by atoms with Crippen LogP contribution in [0.25, 0.3) is 76.8 Å². The zero-order chi connectivity index (χ0) is 33.4. The largest absolute Gasteiger partial charge is 0.265 e. The molecule has 1 nitrogen and oxygen atoms in total. The molecular weight excluding hydrogens is 482 g/mol. The van der Waals surface area contributed by atoms with Gasteiger partial charge in [-0.05, 0) is 95.0 Å². The maximum Gasteiger partial charge on any atom is 0.0629 e. The smallest absolute Gasteiger partial charge is 0.0629 e. The highest BCUT2D eigenvalue weighted by atomic mass is 14.6. The summed E-state index contributed by atoms with van der Waals surface area (Å²) in [5.41, 5.74) is 2.51. The van der Waals surface area contributed by atoms with Crippen LogP contribution in [-0.2, 0) is 0 Å². The van der Waals surface area contributed by atoms with Gasteiger partial charge in [0.15, 0.2) is 0 Å². The van der Waals surface area contributed by atoms with E-state index in [0.717, 1.165) is 21.5 Å². The topological polar surface area (TPSA) is 12.9 Å². The van der Waals surface area contributed by atoms with E-state index in [1.54, 1.807) is 54.9 Å². The molecule has 0 saturated heterocycles. The second kappa shape index (κ2) is 9.18. The monoisotopic (exact) mass is 515 g/mol. The summed E-state index contributed by atoms with van der Waals surface area (Å²) >= 11 is 0. The third kappa shape index (κ3) is 3.67. The van der Waals surface area contributed by atoms with Crippen LogP contribution in [0, 0.1) is 0 Å². The average Bonchev–Trinajstić information content (AvgIpc) is 3.11. The van der Waals surface area contributed by atoms with Crippen LogP contribution in [0.4, 0.5) is 0 Å². The number of pyridine rings is 1. The van der Waals surface area contributed by atoms with Gasteiger partial charge in [-0.3, -0.25) is 4.98 Å². The molecule has 1 heterocycles. The van der Waals surface area contributed by atoms with Gasteiger partial charge in [0.05, 0.1) is 11.0 Å². The van der Waals surface area contributed by atoms with E-state index in [1.165, 1.54) is 0 Å². The molecule has 8 rings (SSSR count). The van der Waals surface area contributed by atoms with E-state index in [9.17, 15) is 5.48 Å². The Balaban J connectivity index is 1.52. The number of hydrogen-bond acceptors (Lipinski definition) is 1. The number of hydrogen-bond donors (Lipinski definition) is 0. The Labute approximate surface area is 244 Å². The summed E-state index contributed by atoms with van der Waals surface area (Å²) in [7, 11) is 0. The van der Waals surface area contributed by atoms with Gasteiger partial charge >= 0.3 is 0 Å². The minimum Gasteiger partial charge on any atom is -0.265 e. The molecule has 0 aliphatic carbocycles. The zero-order valence-electron chi connectivity index (χ0n) is 29.3. The normalized spacial score (nSPS) is 14.3. The van der Waals surface area contributed by atoms with E-state index in [4.69, 9.17) is 5.48 Å². The summed E-state index contributed by atoms with van der Waals surface area (Å²) < 4.78 is 72.9. The molecule has 1 aromatic heterocycles. The molecule has 0 bridgehead atoms. The molecule has 0 aliphatic rings. The molecule has 8 aromatic rings. The van der Waals surface area contributed by atoms with Gasteiger partial charge in [-0.15, -0.1) is 0 Å². The van der Waals surface area contributed by atoms with Crippen LogP contribution in [0.1, 0.15) is 11.0 Å². The van der Waals surface area contributed by atoms with Gasteiger partial charge in [0, 0.05) is 12.4 Å². The van der Waals surface area contributed by atoms with Crippen molar-refractivity contribution >= 4 is 32.3 Å². The summed E-state index contributed by atoms with van der Waals surface area (Å²) in [5, 5.41) is 5.04. The number of rotatable bonds is 4. The fourth-order valence-corrected chi connectivity index (χ4v) is 5.55. The van der Waals surface area contributed by atoms with Crippen molar-refractivity contribution in [1.29, 1.82) is 0 Å². The molecule has 1 heteroatoms. The third-order valence-electron chi connectivity index (χ3n) is 7.47. The van der Waals surface area contributed by atoms with E-state index in [1.807, 2.05) is 48.5 Å². The standard InChI is InChI=1S/C39H25N/c1-2-5-26(6-3-1)27-9-13-30(14-10-27)36-25-37(31-15-11-28(12-16-31)29-21-23-40-24-22-29)35-20-18-33-8-4-7-32-17-19-34(36)39(35)38(32)33/h1-25H/i9D,10D,11D,12D,13D,14D,15D,16D. The fraction of sp³-hybridized carbons (Fsp3) is 0. The van der Waals surface area contributed by atoms with Crippen LogP contribution in [-0.4, -0.2) is 4.98 Å². The van der Waals surface area contributed by atoms with E-state index in [0.29, 0.717) is 33.0 Å². The first-order valence-electron chi connectivity index (χ1n) is 17.1. The van der Waals surface area contributed by atoms with Crippen molar-refractivity contribution < 1.29 is 11.0 Å². The highest BCUT2D eigenvalue weighted by Crippen LogP contribution is 2.44. The van der Waals surface area contributed by atoms with Crippen molar-refractivity contribution in [2.75, 3.05) is 0 Å². The highest BCUT2D eigenvalue weighted by Gasteiger charge is 2.16. The molecule has 0 spiro atoms. The van der Waals surface area contributed by atoms with Crippen molar-refractivity contribution in [2.24, 2.45) is 0 Å². The minimum absolute atomic E-state index is 0.0955. The first-order chi connectivity index (χ1) is 23.2. The molecule has 186 valence electrons. The molecule has 0 N–H and O–H groups in total. The number of nitrogens with zero attached hydrogens (tertiary/aromatic N) is 1. The van der Waals surface area contributed by atoms with Gasteiger partial charge in [0.25, 0.3) is 0 Å². The highest BCUT2D eigenvalue weighted by molar-refractivity contribution is 6.28. The van der Waals surface area contributed by atoms with Crippen LogP contribution in [0.2, 0.25) is 0 Å². The van der Waals surface area contributed by atoms with Crippen molar-refractivity contribution in [2.45, 2.75) is 0 Å². The molecule has 0 fully saturated rings. The second-order valence-corrected chi connectivity index (χ2v) is 9.75. The van der Waals surface area contributed by atoms with Crippen LogP contribution in [0.3, 0.4) is 0 Å². The van der Waals surface area contributed by atoms with Crippen LogP contribution in [0.5, 0.6) is 0 Å². The predicted molar refractivity (Wildman–Crippen MR) is 170 cm³/mol. The van der Waals surface area contributed by atoms with Gasteiger partial charge in [0.2, 0.25) is 0 Å². The zero-order valence-corrected chi connectivity index (χ0v) is 21.3. The minimum atomic E-state index is -0.220. The lowest BCUT2D eigenvalue weighted by Crippen LogP contribution is -1.91. The first-order valence-corrected chi connectivity index (χ1v) is 13.1. The summed E-state index contributed by atoms with van der Waals surface area (Å²) in [6.45, 7) is 0. The van der Waals surface area contributed by atoms with Gasteiger partial charge in [0.1, 0.15) is 0 Å². The molecule has 0 saturated carbocycles. The molecular formula is C39H25N. The SMILES string of the molecule is [2H]c1c([2H])c(-c2cc(-c3c([2H])c([2H])c(-c4ccncc4)c([2H])c3[2H])c3ccc4cccc5ccc2c3c54)c([2H])c([2H])c1-c1ccccc1. The maximum atomic E-state index is 9.22. The lowest BCUT2D eigenvalue weighted by Gasteiger charge is -2.18. The van der Waals surface area contributed by atoms with E-state index >= 15 is 0 Å². The third-order valence-corrected chi connectivity index (χ3v) is 7.47. The Hall–Kier alpha value is -5.27. The summed E-state index contributed by atoms with van der Waals surface area (Å²) in [6, 6.07) is 26.1. The Morgan fingerprint density at radius 1 is 0.400 bits per heavy atom. The van der Waals surface area contributed by atoms with Gasteiger partial charge < -0.3 is 0 Å². The molecule has 0 unspecified atom stereocenters. The number of benzene rings is 7. The van der Waals surface area contributed by atoms with Crippen molar-refractivity contribution in [3.8, 4) is 44.5 Å². The number of aromatic nitrogens is 1. The Morgan fingerprint density at radius 2 is 0.900 bits per heavy atom. The van der Waals surface area contributed by atoms with Gasteiger partial charge in [-0.2, -0.15) is 0 Å². The molecule has 0 atom stereocenters. The van der Waals surface area contributed by atoms with E-state index in [2.05, 4.69) is 4.98 Å². The van der Waals surface area contributed by atoms with Crippen LogP contribution < -0.4 is 0 Å². The summed E-state index contributed by atoms with van der Waals surface area (Å²) in [4.78, 5) is 4.03. The Kier molecular flexibility index (Phi) is 3.67. The average molecular weight is 516 g/mol. The molecule has 40 heavy (non-hydrogen) atoms. The summed E-state index contributed by atoms with van der Waals surface area (Å²) in [6.07, 6.45) is 3.09. The van der Waals surface area contributed by atoms with Crippen LogP contribution >= 0.6 is 0 Å². The summed E-state index contributed by atoms with van der Waals surface area (Å²) in [5.74, 6) is 0. The Morgan fingerprint density at radius 3 is 1.45 bits per heavy atom. The fourth-order valence-electron chi connectivity index (χ4n) is 5.55. The molecule has 0 amide bonds. The molecule has 0 aliphatic heterocycles. The van der Waals surface area contributed by atoms with Crippen LogP contribution in [0.15, 0.2) is 152 Å². The van der Waals surface area contributed by atoms with Crippen molar-refractivity contribution in [3.63, 3.8) is 0 Å². The molecule has 0 radical (unpaired) electrons. The lowest BCUT2D eigenvalue weighted by molar-refractivity contribution is 1.33. The molecule has 7 aromatic carbocycles. The quantitative estimate of drug-likeness (QED) is 0.212.